The summed E-state index contributed by atoms with van der Waals surface area (Å²) in [6.45, 7) is 6.91. The average molecular weight is 508 g/mol. The van der Waals surface area contributed by atoms with E-state index >= 15 is 0 Å². The zero-order valence-electron chi connectivity index (χ0n) is 22.7. The molecule has 1 saturated carbocycles. The molecule has 1 aliphatic rings. The number of ether oxygens (including phenoxy) is 2. The molecule has 4 atom stereocenters. The van der Waals surface area contributed by atoms with Crippen LogP contribution < -0.4 is 4.74 Å². The fourth-order valence-corrected chi connectivity index (χ4v) is 5.76. The van der Waals surface area contributed by atoms with Gasteiger partial charge in [0.25, 0.3) is 0 Å². The van der Waals surface area contributed by atoms with Crippen LogP contribution in [0.15, 0.2) is 91.1 Å². The number of aromatic nitrogens is 3. The number of benzene rings is 1. The molecule has 0 aliphatic heterocycles. The van der Waals surface area contributed by atoms with Gasteiger partial charge in [-0.1, -0.05) is 75.7 Å². The zero-order chi connectivity index (χ0) is 26.5. The highest BCUT2D eigenvalue weighted by Crippen LogP contribution is 2.40. The predicted molar refractivity (Wildman–Crippen MR) is 151 cm³/mol. The van der Waals surface area contributed by atoms with Crippen LogP contribution >= 0.6 is 0 Å². The third-order valence-electron chi connectivity index (χ3n) is 7.83. The zero-order valence-corrected chi connectivity index (χ0v) is 22.7. The van der Waals surface area contributed by atoms with E-state index in [2.05, 4.69) is 32.9 Å². The summed E-state index contributed by atoms with van der Waals surface area (Å²) in [6.07, 6.45) is 5.42. The van der Waals surface area contributed by atoms with E-state index in [1.807, 2.05) is 72.8 Å². The smallest absolute Gasteiger partial charge is 0.213 e. The van der Waals surface area contributed by atoms with Crippen molar-refractivity contribution in [1.29, 1.82) is 0 Å². The van der Waals surface area contributed by atoms with Crippen molar-refractivity contribution in [3.8, 4) is 17.1 Å². The molecule has 0 bridgehead atoms. The first-order valence-corrected chi connectivity index (χ1v) is 13.6. The van der Waals surface area contributed by atoms with Crippen molar-refractivity contribution in [1.82, 2.24) is 15.0 Å². The van der Waals surface area contributed by atoms with Gasteiger partial charge in [-0.15, -0.1) is 0 Å². The van der Waals surface area contributed by atoms with E-state index in [0.717, 1.165) is 29.1 Å². The maximum atomic E-state index is 6.64. The van der Waals surface area contributed by atoms with E-state index < -0.39 is 5.60 Å². The molecular formula is C33H37N3O2. The normalized spacial score (nSPS) is 21.1. The molecule has 0 N–H and O–H groups in total. The van der Waals surface area contributed by atoms with Crippen LogP contribution in [0.1, 0.15) is 57.1 Å². The van der Waals surface area contributed by atoms with Crippen LogP contribution in [0.4, 0.5) is 0 Å². The monoisotopic (exact) mass is 507 g/mol. The quantitative estimate of drug-likeness (QED) is 0.250. The van der Waals surface area contributed by atoms with Gasteiger partial charge < -0.3 is 9.47 Å². The molecule has 0 amide bonds. The van der Waals surface area contributed by atoms with E-state index in [1.165, 1.54) is 12.8 Å². The summed E-state index contributed by atoms with van der Waals surface area (Å²) >= 11 is 0. The van der Waals surface area contributed by atoms with E-state index in [9.17, 15) is 0 Å². The topological polar surface area (TPSA) is 57.1 Å². The second kappa shape index (κ2) is 11.4. The number of nitrogens with zero attached hydrogens (tertiary/aromatic N) is 3. The Kier molecular flexibility index (Phi) is 7.85. The Morgan fingerprint density at radius 2 is 1.50 bits per heavy atom. The fraction of sp³-hybridized carbons (Fsp3) is 0.364. The van der Waals surface area contributed by atoms with Crippen molar-refractivity contribution < 1.29 is 9.47 Å². The number of hydrogen-bond donors (Lipinski definition) is 0. The van der Waals surface area contributed by atoms with E-state index in [4.69, 9.17) is 24.4 Å². The van der Waals surface area contributed by atoms with Gasteiger partial charge in [-0.3, -0.25) is 4.98 Å². The fourth-order valence-electron chi connectivity index (χ4n) is 5.76. The number of rotatable bonds is 8. The van der Waals surface area contributed by atoms with Gasteiger partial charge >= 0.3 is 0 Å². The van der Waals surface area contributed by atoms with Crippen LogP contribution in [-0.4, -0.2) is 28.2 Å². The van der Waals surface area contributed by atoms with Gasteiger partial charge in [-0.25, -0.2) is 9.97 Å². The summed E-state index contributed by atoms with van der Waals surface area (Å²) in [7, 11) is 1.69. The molecule has 4 aromatic rings. The van der Waals surface area contributed by atoms with Gasteiger partial charge in [0.1, 0.15) is 6.10 Å². The Morgan fingerprint density at radius 3 is 2.21 bits per heavy atom. The Morgan fingerprint density at radius 1 is 0.789 bits per heavy atom. The summed E-state index contributed by atoms with van der Waals surface area (Å²) in [5.41, 5.74) is 2.93. The second-order valence-electron chi connectivity index (χ2n) is 10.7. The SMILES string of the molecule is COC(c1ccccn1)(c1cccc(O[C@@H]2C[C@H](C)CC[C@H]2C(C)C)n1)c1cccc(-c2ccccc2)n1. The lowest BCUT2D eigenvalue weighted by Crippen LogP contribution is -2.37. The third kappa shape index (κ3) is 5.21. The minimum Gasteiger partial charge on any atom is -0.474 e. The highest BCUT2D eigenvalue weighted by molar-refractivity contribution is 5.59. The summed E-state index contributed by atoms with van der Waals surface area (Å²) in [5.74, 6) is 2.34. The Balaban J connectivity index is 1.59. The highest BCUT2D eigenvalue weighted by atomic mass is 16.5. The maximum Gasteiger partial charge on any atom is 0.213 e. The van der Waals surface area contributed by atoms with Crippen molar-refractivity contribution >= 4 is 0 Å². The molecule has 1 aromatic carbocycles. The molecule has 0 spiro atoms. The first-order chi connectivity index (χ1) is 18.5. The first-order valence-electron chi connectivity index (χ1n) is 13.6. The maximum absolute atomic E-state index is 6.64. The largest absolute Gasteiger partial charge is 0.474 e. The standard InChI is InChI=1S/C33H37N3O2/c1-23(2)26-20-19-24(3)22-28(26)38-32-18-11-17-31(36-32)33(37-4,29-15-8-9-21-34-29)30-16-10-14-27(35-30)25-12-6-5-7-13-25/h5-18,21,23-24,26,28H,19-20,22H2,1-4H3/t24-,26+,28-,33?/m1/s1. The molecule has 5 rings (SSSR count). The van der Waals surface area contributed by atoms with E-state index in [1.54, 1.807) is 13.3 Å². The summed E-state index contributed by atoms with van der Waals surface area (Å²) in [4.78, 5) is 14.9. The van der Waals surface area contributed by atoms with Crippen LogP contribution in [0.5, 0.6) is 5.88 Å². The highest BCUT2D eigenvalue weighted by Gasteiger charge is 2.42. The lowest BCUT2D eigenvalue weighted by atomic mass is 9.75. The van der Waals surface area contributed by atoms with Gasteiger partial charge in [0, 0.05) is 24.9 Å². The molecule has 5 nitrogen and oxygen atoms in total. The van der Waals surface area contributed by atoms with Gasteiger partial charge in [0.05, 0.1) is 22.8 Å². The van der Waals surface area contributed by atoms with E-state index in [-0.39, 0.29) is 6.10 Å². The van der Waals surface area contributed by atoms with Gasteiger partial charge in [-0.05, 0) is 60.9 Å². The molecule has 3 heterocycles. The molecular weight excluding hydrogens is 470 g/mol. The van der Waals surface area contributed by atoms with Crippen LogP contribution in [0.25, 0.3) is 11.3 Å². The summed E-state index contributed by atoms with van der Waals surface area (Å²) in [6, 6.07) is 27.9. The summed E-state index contributed by atoms with van der Waals surface area (Å²) < 4.78 is 13.0. The van der Waals surface area contributed by atoms with Crippen LogP contribution in [0.2, 0.25) is 0 Å². The Bertz CT molecular complexity index is 1330. The molecule has 1 aliphatic carbocycles. The molecule has 3 aromatic heterocycles. The van der Waals surface area contributed by atoms with Gasteiger partial charge in [-0.2, -0.15) is 0 Å². The number of hydrogen-bond acceptors (Lipinski definition) is 5. The minimum atomic E-state index is -1.11. The third-order valence-corrected chi connectivity index (χ3v) is 7.83. The minimum absolute atomic E-state index is 0.146. The van der Waals surface area contributed by atoms with Crippen molar-refractivity contribution in [2.45, 2.75) is 51.7 Å². The van der Waals surface area contributed by atoms with E-state index in [0.29, 0.717) is 29.3 Å². The van der Waals surface area contributed by atoms with Crippen LogP contribution in [0.3, 0.4) is 0 Å². The molecule has 38 heavy (non-hydrogen) atoms. The van der Waals surface area contributed by atoms with Crippen LogP contribution in [0, 0.1) is 17.8 Å². The second-order valence-corrected chi connectivity index (χ2v) is 10.7. The number of methoxy groups -OCH3 is 1. The lowest BCUT2D eigenvalue weighted by molar-refractivity contribution is 0.0356. The molecule has 0 saturated heterocycles. The van der Waals surface area contributed by atoms with Crippen molar-refractivity contribution in [2.75, 3.05) is 7.11 Å². The molecule has 1 fully saturated rings. The molecule has 5 heteroatoms. The van der Waals surface area contributed by atoms with Crippen molar-refractivity contribution in [3.05, 3.63) is 108 Å². The van der Waals surface area contributed by atoms with Crippen molar-refractivity contribution in [3.63, 3.8) is 0 Å². The van der Waals surface area contributed by atoms with Crippen molar-refractivity contribution in [2.24, 2.45) is 17.8 Å². The van der Waals surface area contributed by atoms with Crippen LogP contribution in [-0.2, 0) is 10.3 Å². The molecule has 196 valence electrons. The number of pyridine rings is 3. The van der Waals surface area contributed by atoms with Gasteiger partial charge in [0.2, 0.25) is 5.88 Å². The average Bonchev–Trinajstić information content (AvgIpc) is 2.95. The summed E-state index contributed by atoms with van der Waals surface area (Å²) in [5, 5.41) is 0. The predicted octanol–water partition coefficient (Wildman–Crippen LogP) is 7.32. The Labute approximate surface area is 226 Å². The molecule has 1 unspecified atom stereocenters. The lowest BCUT2D eigenvalue weighted by Gasteiger charge is -2.37. The Hall–Kier alpha value is -3.57. The first kappa shape index (κ1) is 26.1. The van der Waals surface area contributed by atoms with Gasteiger partial charge in [0.15, 0.2) is 5.60 Å². The molecule has 0 radical (unpaired) electrons.